The molecular formula is C29H44O3. The monoisotopic (exact) mass is 440 g/mol. The van der Waals surface area contributed by atoms with Crippen LogP contribution in [0.15, 0.2) is 11.6 Å². The Morgan fingerprint density at radius 1 is 0.938 bits per heavy atom. The molecule has 4 saturated carbocycles. The molecule has 0 spiro atoms. The average molecular weight is 441 g/mol. The molecule has 3 heteroatoms. The van der Waals surface area contributed by atoms with Gasteiger partial charge in [-0.3, -0.25) is 9.59 Å². The van der Waals surface area contributed by atoms with Gasteiger partial charge in [-0.25, -0.2) is 0 Å². The van der Waals surface area contributed by atoms with E-state index in [9.17, 15) is 9.59 Å². The minimum absolute atomic E-state index is 0.0497. The van der Waals surface area contributed by atoms with Gasteiger partial charge in [-0.15, -0.1) is 0 Å². The zero-order chi connectivity index (χ0) is 22.6. The van der Waals surface area contributed by atoms with Gasteiger partial charge in [0.25, 0.3) is 0 Å². The molecule has 0 aromatic rings. The summed E-state index contributed by atoms with van der Waals surface area (Å²) in [6.45, 7) is 7.14. The van der Waals surface area contributed by atoms with Crippen LogP contribution >= 0.6 is 0 Å². The number of ether oxygens (including phenoxy) is 1. The second kappa shape index (κ2) is 8.27. The van der Waals surface area contributed by atoms with Crippen LogP contribution in [0.3, 0.4) is 0 Å². The van der Waals surface area contributed by atoms with Crippen molar-refractivity contribution in [2.24, 2.45) is 34.5 Å². The number of hydrogen-bond acceptors (Lipinski definition) is 3. The highest BCUT2D eigenvalue weighted by Gasteiger charge is 2.64. The fraction of sp³-hybridized carbons (Fsp3) is 0.862. The van der Waals surface area contributed by atoms with E-state index in [-0.39, 0.29) is 22.4 Å². The standard InChI is InChI=1S/C29H44O3/c1-27-16-13-22(30)19-21(27)10-11-23-24(27)14-17-28(2)25(23)15-18-29(28,3)32-26(31)12-9-20-7-5-4-6-8-20/h19-20,23-25H,4-18H2,1-3H3/t23-,24+,25+,27+,28+,29+/m1/s1. The van der Waals surface area contributed by atoms with Crippen molar-refractivity contribution < 1.29 is 14.3 Å². The number of esters is 1. The Labute approximate surface area is 195 Å². The number of carbonyl (C=O) groups excluding carboxylic acids is 2. The quantitative estimate of drug-likeness (QED) is 0.435. The number of hydrogen-bond donors (Lipinski definition) is 0. The van der Waals surface area contributed by atoms with Crippen LogP contribution in [-0.4, -0.2) is 17.4 Å². The highest BCUT2D eigenvalue weighted by atomic mass is 16.6. The summed E-state index contributed by atoms with van der Waals surface area (Å²) in [5.41, 5.74) is 1.43. The van der Waals surface area contributed by atoms with Gasteiger partial charge in [-0.1, -0.05) is 51.5 Å². The van der Waals surface area contributed by atoms with E-state index in [1.807, 2.05) is 6.08 Å². The minimum atomic E-state index is -0.314. The molecule has 178 valence electrons. The van der Waals surface area contributed by atoms with Crippen molar-refractivity contribution in [1.82, 2.24) is 0 Å². The van der Waals surface area contributed by atoms with Crippen molar-refractivity contribution in [3.8, 4) is 0 Å². The largest absolute Gasteiger partial charge is 0.459 e. The van der Waals surface area contributed by atoms with E-state index in [4.69, 9.17) is 4.74 Å². The third-order valence-electron chi connectivity index (χ3n) is 11.3. The van der Waals surface area contributed by atoms with Crippen LogP contribution < -0.4 is 0 Å². The minimum Gasteiger partial charge on any atom is -0.459 e. The average Bonchev–Trinajstić information content (AvgIpc) is 3.04. The molecule has 0 aromatic carbocycles. The maximum atomic E-state index is 13.0. The lowest BCUT2D eigenvalue weighted by Gasteiger charge is -2.59. The first-order valence-electron chi connectivity index (χ1n) is 13.7. The highest BCUT2D eigenvalue weighted by molar-refractivity contribution is 5.91. The Balaban J connectivity index is 1.27. The fourth-order valence-corrected chi connectivity index (χ4v) is 9.05. The molecule has 0 saturated heterocycles. The van der Waals surface area contributed by atoms with Gasteiger partial charge in [0, 0.05) is 18.3 Å². The smallest absolute Gasteiger partial charge is 0.306 e. The van der Waals surface area contributed by atoms with Gasteiger partial charge in [0.2, 0.25) is 0 Å². The normalized spacial score (nSPS) is 44.3. The Morgan fingerprint density at radius 3 is 2.47 bits per heavy atom. The van der Waals surface area contributed by atoms with Crippen molar-refractivity contribution in [1.29, 1.82) is 0 Å². The number of allylic oxidation sites excluding steroid dienone is 1. The van der Waals surface area contributed by atoms with Crippen molar-refractivity contribution in [2.45, 2.75) is 123 Å². The van der Waals surface area contributed by atoms with Crippen LogP contribution in [0.5, 0.6) is 0 Å². The summed E-state index contributed by atoms with van der Waals surface area (Å²) < 4.78 is 6.39. The molecule has 5 rings (SSSR count). The van der Waals surface area contributed by atoms with E-state index in [1.165, 1.54) is 56.9 Å². The highest BCUT2D eigenvalue weighted by Crippen LogP contribution is 2.68. The molecule has 0 unspecified atom stereocenters. The number of carbonyl (C=O) groups is 2. The summed E-state index contributed by atoms with van der Waals surface area (Å²) in [6, 6.07) is 0. The molecule has 32 heavy (non-hydrogen) atoms. The molecule has 0 heterocycles. The second-order valence-corrected chi connectivity index (χ2v) is 12.7. The molecule has 0 radical (unpaired) electrons. The van der Waals surface area contributed by atoms with E-state index in [0.29, 0.717) is 30.0 Å². The van der Waals surface area contributed by atoms with Gasteiger partial charge in [0.05, 0.1) is 0 Å². The molecule has 5 aliphatic carbocycles. The Kier molecular flexibility index (Phi) is 5.86. The van der Waals surface area contributed by atoms with E-state index >= 15 is 0 Å². The van der Waals surface area contributed by atoms with Crippen LogP contribution in [0.4, 0.5) is 0 Å². The van der Waals surface area contributed by atoms with Crippen molar-refractivity contribution >= 4 is 11.8 Å². The van der Waals surface area contributed by atoms with Gasteiger partial charge in [0.15, 0.2) is 5.78 Å². The van der Waals surface area contributed by atoms with E-state index < -0.39 is 0 Å². The number of ketones is 1. The van der Waals surface area contributed by atoms with Crippen LogP contribution in [-0.2, 0) is 14.3 Å². The molecule has 0 bridgehead atoms. The second-order valence-electron chi connectivity index (χ2n) is 12.7. The van der Waals surface area contributed by atoms with Crippen molar-refractivity contribution in [3.05, 3.63) is 11.6 Å². The van der Waals surface area contributed by atoms with Crippen molar-refractivity contribution in [3.63, 3.8) is 0 Å². The van der Waals surface area contributed by atoms with Crippen LogP contribution in [0.1, 0.15) is 117 Å². The van der Waals surface area contributed by atoms with Gasteiger partial charge in [-0.05, 0) is 93.5 Å². The van der Waals surface area contributed by atoms with Crippen LogP contribution in [0, 0.1) is 34.5 Å². The number of rotatable bonds is 4. The SMILES string of the molecule is C[C@]12CCC(=O)C=C1CC[C@@H]1[C@@H]2CC[C@@]2(C)[C@H]1CC[C@]2(C)OC(=O)CCC1CCCCC1. The van der Waals surface area contributed by atoms with Crippen LogP contribution in [0.25, 0.3) is 0 Å². The predicted molar refractivity (Wildman–Crippen MR) is 127 cm³/mol. The Morgan fingerprint density at radius 2 is 1.69 bits per heavy atom. The van der Waals surface area contributed by atoms with E-state index in [1.54, 1.807) is 0 Å². The van der Waals surface area contributed by atoms with E-state index in [2.05, 4.69) is 20.8 Å². The molecule has 0 aliphatic heterocycles. The first-order valence-corrected chi connectivity index (χ1v) is 13.7. The van der Waals surface area contributed by atoms with Gasteiger partial charge >= 0.3 is 5.97 Å². The lowest BCUT2D eigenvalue weighted by atomic mass is 9.46. The van der Waals surface area contributed by atoms with Crippen molar-refractivity contribution in [2.75, 3.05) is 0 Å². The summed E-state index contributed by atoms with van der Waals surface area (Å²) in [4.78, 5) is 25.0. The lowest BCUT2D eigenvalue weighted by molar-refractivity contribution is -0.180. The fourth-order valence-electron chi connectivity index (χ4n) is 9.05. The molecule has 5 aliphatic rings. The maximum absolute atomic E-state index is 13.0. The summed E-state index contributed by atoms with van der Waals surface area (Å²) in [7, 11) is 0. The lowest BCUT2D eigenvalue weighted by Crippen LogP contribution is -2.55. The molecule has 0 amide bonds. The third-order valence-corrected chi connectivity index (χ3v) is 11.3. The molecular weight excluding hydrogens is 396 g/mol. The molecule has 0 aromatic heterocycles. The third kappa shape index (κ3) is 3.61. The number of fused-ring (bicyclic) bond motifs is 5. The first kappa shape index (κ1) is 22.7. The van der Waals surface area contributed by atoms with Gasteiger partial charge in [-0.2, -0.15) is 0 Å². The summed E-state index contributed by atoms with van der Waals surface area (Å²) in [5.74, 6) is 3.18. The predicted octanol–water partition coefficient (Wildman–Crippen LogP) is 7.18. The van der Waals surface area contributed by atoms with Gasteiger partial charge < -0.3 is 4.74 Å². The Bertz CT molecular complexity index is 792. The summed E-state index contributed by atoms with van der Waals surface area (Å²) in [5, 5.41) is 0. The van der Waals surface area contributed by atoms with Gasteiger partial charge in [0.1, 0.15) is 5.60 Å². The zero-order valence-electron chi connectivity index (χ0n) is 20.7. The molecule has 0 N–H and O–H groups in total. The topological polar surface area (TPSA) is 43.4 Å². The molecule has 3 nitrogen and oxygen atoms in total. The summed E-state index contributed by atoms with van der Waals surface area (Å²) in [6.07, 6.45) is 18.9. The van der Waals surface area contributed by atoms with Crippen LogP contribution in [0.2, 0.25) is 0 Å². The first-order chi connectivity index (χ1) is 15.3. The molecule has 6 atom stereocenters. The maximum Gasteiger partial charge on any atom is 0.306 e. The molecule has 4 fully saturated rings. The zero-order valence-corrected chi connectivity index (χ0v) is 20.7. The van der Waals surface area contributed by atoms with E-state index in [0.717, 1.165) is 44.4 Å². The summed E-state index contributed by atoms with van der Waals surface area (Å²) >= 11 is 0. The Hall–Kier alpha value is -1.12.